The van der Waals surface area contributed by atoms with Crippen LogP contribution in [0, 0.1) is 5.92 Å². The molecule has 8 nitrogen and oxygen atoms in total. The zero-order valence-electron chi connectivity index (χ0n) is 17.3. The first-order valence-corrected chi connectivity index (χ1v) is 11.5. The van der Waals surface area contributed by atoms with Crippen molar-refractivity contribution in [1.82, 2.24) is 14.9 Å². The molecule has 0 bridgehead atoms. The SMILES string of the molecule is CCOC(=O)NC(CNC(=O)c1cccc(S(=O)(=O)N2CCCC2)c1)CC(C)C. The third-order valence-electron chi connectivity index (χ3n) is 4.66. The Hall–Kier alpha value is -2.13. The molecule has 2 amide bonds. The first-order valence-electron chi connectivity index (χ1n) is 10.1. The lowest BCUT2D eigenvalue weighted by Gasteiger charge is -2.21. The molecule has 1 aromatic carbocycles. The van der Waals surface area contributed by atoms with Crippen LogP contribution in [0.2, 0.25) is 0 Å². The molecule has 1 aliphatic heterocycles. The zero-order valence-corrected chi connectivity index (χ0v) is 18.1. The van der Waals surface area contributed by atoms with Crippen LogP contribution < -0.4 is 10.6 Å². The fraction of sp³-hybridized carbons (Fsp3) is 0.600. The molecule has 0 saturated carbocycles. The summed E-state index contributed by atoms with van der Waals surface area (Å²) in [5, 5.41) is 5.53. The van der Waals surface area contributed by atoms with Gasteiger partial charge in [0, 0.05) is 31.2 Å². The van der Waals surface area contributed by atoms with Crippen molar-refractivity contribution in [2.24, 2.45) is 5.92 Å². The van der Waals surface area contributed by atoms with Crippen molar-refractivity contribution in [2.75, 3.05) is 26.2 Å². The zero-order chi connectivity index (χ0) is 21.4. The van der Waals surface area contributed by atoms with E-state index < -0.39 is 16.1 Å². The second-order valence-corrected chi connectivity index (χ2v) is 9.48. The van der Waals surface area contributed by atoms with Gasteiger partial charge < -0.3 is 15.4 Å². The van der Waals surface area contributed by atoms with Crippen LogP contribution >= 0.6 is 0 Å². The molecule has 1 saturated heterocycles. The number of amides is 2. The normalized spacial score (nSPS) is 15.9. The van der Waals surface area contributed by atoms with Gasteiger partial charge >= 0.3 is 6.09 Å². The third-order valence-corrected chi connectivity index (χ3v) is 6.56. The van der Waals surface area contributed by atoms with Crippen molar-refractivity contribution in [1.29, 1.82) is 0 Å². The Kier molecular flexibility index (Phi) is 8.45. The summed E-state index contributed by atoms with van der Waals surface area (Å²) in [6.45, 7) is 7.28. The molecule has 29 heavy (non-hydrogen) atoms. The van der Waals surface area contributed by atoms with E-state index in [1.165, 1.54) is 16.4 Å². The maximum Gasteiger partial charge on any atom is 0.407 e. The van der Waals surface area contributed by atoms with Crippen molar-refractivity contribution in [3.05, 3.63) is 29.8 Å². The lowest BCUT2D eigenvalue weighted by atomic mass is 10.0. The molecule has 1 aromatic rings. The topological polar surface area (TPSA) is 105 Å². The molecule has 2 rings (SSSR count). The minimum atomic E-state index is -3.58. The van der Waals surface area contributed by atoms with E-state index in [1.54, 1.807) is 19.1 Å². The van der Waals surface area contributed by atoms with Crippen molar-refractivity contribution in [2.45, 2.75) is 51.0 Å². The number of benzene rings is 1. The number of hydrogen-bond acceptors (Lipinski definition) is 5. The van der Waals surface area contributed by atoms with Crippen molar-refractivity contribution in [3.63, 3.8) is 0 Å². The van der Waals surface area contributed by atoms with E-state index in [2.05, 4.69) is 10.6 Å². The van der Waals surface area contributed by atoms with Crippen LogP contribution in [-0.2, 0) is 14.8 Å². The second kappa shape index (κ2) is 10.6. The third kappa shape index (κ3) is 6.71. The van der Waals surface area contributed by atoms with Crippen molar-refractivity contribution in [3.8, 4) is 0 Å². The maximum absolute atomic E-state index is 12.7. The Morgan fingerprint density at radius 1 is 1.21 bits per heavy atom. The predicted octanol–water partition coefficient (Wildman–Crippen LogP) is 2.36. The Labute approximate surface area is 173 Å². The van der Waals surface area contributed by atoms with Crippen LogP contribution in [0.3, 0.4) is 0 Å². The van der Waals surface area contributed by atoms with Crippen LogP contribution in [0.1, 0.15) is 50.4 Å². The summed E-state index contributed by atoms with van der Waals surface area (Å²) in [6.07, 6.45) is 1.85. The Balaban J connectivity index is 2.04. The van der Waals surface area contributed by atoms with Gasteiger partial charge in [-0.3, -0.25) is 4.79 Å². The van der Waals surface area contributed by atoms with Gasteiger partial charge in [0.2, 0.25) is 10.0 Å². The number of ether oxygens (including phenoxy) is 1. The summed E-state index contributed by atoms with van der Waals surface area (Å²) in [5.41, 5.74) is 0.268. The fourth-order valence-corrected chi connectivity index (χ4v) is 4.86. The van der Waals surface area contributed by atoms with Gasteiger partial charge in [-0.25, -0.2) is 13.2 Å². The highest BCUT2D eigenvalue weighted by Crippen LogP contribution is 2.21. The van der Waals surface area contributed by atoms with Gasteiger partial charge in [0.25, 0.3) is 5.91 Å². The van der Waals surface area contributed by atoms with E-state index in [-0.39, 0.29) is 35.6 Å². The number of rotatable bonds is 9. The Bertz CT molecular complexity index is 804. The number of carbonyl (C=O) groups is 2. The highest BCUT2D eigenvalue weighted by molar-refractivity contribution is 7.89. The Morgan fingerprint density at radius 2 is 1.90 bits per heavy atom. The molecule has 0 aromatic heterocycles. The molecule has 1 atom stereocenters. The van der Waals surface area contributed by atoms with Gasteiger partial charge in [-0.1, -0.05) is 19.9 Å². The monoisotopic (exact) mass is 425 g/mol. The number of hydrogen-bond donors (Lipinski definition) is 2. The van der Waals surface area contributed by atoms with Gasteiger partial charge in [0.05, 0.1) is 11.5 Å². The molecule has 2 N–H and O–H groups in total. The Morgan fingerprint density at radius 3 is 2.52 bits per heavy atom. The minimum absolute atomic E-state index is 0.121. The summed E-state index contributed by atoms with van der Waals surface area (Å²) in [5.74, 6) is -0.0735. The first-order chi connectivity index (χ1) is 13.7. The quantitative estimate of drug-likeness (QED) is 0.632. The average Bonchev–Trinajstić information content (AvgIpc) is 3.21. The molecule has 0 aliphatic carbocycles. The van der Waals surface area contributed by atoms with Gasteiger partial charge in [-0.15, -0.1) is 0 Å². The van der Waals surface area contributed by atoms with Crippen LogP contribution in [0.4, 0.5) is 4.79 Å². The van der Waals surface area contributed by atoms with E-state index in [0.717, 1.165) is 12.8 Å². The summed E-state index contributed by atoms with van der Waals surface area (Å²) in [4.78, 5) is 24.4. The highest BCUT2D eigenvalue weighted by Gasteiger charge is 2.27. The number of nitrogens with zero attached hydrogens (tertiary/aromatic N) is 1. The van der Waals surface area contributed by atoms with E-state index in [1.807, 2.05) is 13.8 Å². The van der Waals surface area contributed by atoms with E-state index in [4.69, 9.17) is 4.74 Å². The molecule has 0 radical (unpaired) electrons. The predicted molar refractivity (Wildman–Crippen MR) is 110 cm³/mol. The number of nitrogens with one attached hydrogen (secondary N) is 2. The standard InChI is InChI=1S/C20H31N3O5S/c1-4-28-20(25)22-17(12-15(2)3)14-21-19(24)16-8-7-9-18(13-16)29(26,27)23-10-5-6-11-23/h7-9,13,15,17H,4-6,10-12,14H2,1-3H3,(H,21,24)(H,22,25). The van der Waals surface area contributed by atoms with Gasteiger partial charge in [0.1, 0.15) is 0 Å². The summed E-state index contributed by atoms with van der Waals surface area (Å²) in [7, 11) is -3.58. The summed E-state index contributed by atoms with van der Waals surface area (Å²) >= 11 is 0. The van der Waals surface area contributed by atoms with Crippen LogP contribution in [-0.4, -0.2) is 57.0 Å². The molecular formula is C20H31N3O5S. The van der Waals surface area contributed by atoms with Crippen LogP contribution in [0.25, 0.3) is 0 Å². The van der Waals surface area contributed by atoms with Crippen molar-refractivity contribution < 1.29 is 22.7 Å². The van der Waals surface area contributed by atoms with Crippen LogP contribution in [0.5, 0.6) is 0 Å². The largest absolute Gasteiger partial charge is 0.450 e. The molecule has 1 unspecified atom stereocenters. The molecule has 0 spiro atoms. The lowest BCUT2D eigenvalue weighted by molar-refractivity contribution is 0.0944. The molecule has 1 heterocycles. The van der Waals surface area contributed by atoms with E-state index >= 15 is 0 Å². The summed E-state index contributed by atoms with van der Waals surface area (Å²) < 4.78 is 31.8. The van der Waals surface area contributed by atoms with Crippen LogP contribution in [0.15, 0.2) is 29.2 Å². The van der Waals surface area contributed by atoms with Gasteiger partial charge in [-0.05, 0) is 50.3 Å². The number of carbonyl (C=O) groups excluding carboxylic acids is 2. The minimum Gasteiger partial charge on any atom is -0.450 e. The summed E-state index contributed by atoms with van der Waals surface area (Å²) in [6, 6.07) is 5.78. The molecule has 1 aliphatic rings. The number of alkyl carbamates (subject to hydrolysis) is 1. The average molecular weight is 426 g/mol. The van der Waals surface area contributed by atoms with Gasteiger partial charge in [0.15, 0.2) is 0 Å². The van der Waals surface area contributed by atoms with Gasteiger partial charge in [-0.2, -0.15) is 4.31 Å². The fourth-order valence-electron chi connectivity index (χ4n) is 3.30. The highest BCUT2D eigenvalue weighted by atomic mass is 32.2. The smallest absolute Gasteiger partial charge is 0.407 e. The molecule has 1 fully saturated rings. The van der Waals surface area contributed by atoms with E-state index in [0.29, 0.717) is 25.4 Å². The molecule has 162 valence electrons. The van der Waals surface area contributed by atoms with E-state index in [9.17, 15) is 18.0 Å². The number of sulfonamides is 1. The lowest BCUT2D eigenvalue weighted by Crippen LogP contribution is -2.44. The molecular weight excluding hydrogens is 394 g/mol. The second-order valence-electron chi connectivity index (χ2n) is 7.54. The first kappa shape index (κ1) is 23.2. The maximum atomic E-state index is 12.7. The van der Waals surface area contributed by atoms with Crippen molar-refractivity contribution >= 4 is 22.0 Å². The molecule has 9 heteroatoms.